The molecule has 6 heteroatoms. The summed E-state index contributed by atoms with van der Waals surface area (Å²) < 4.78 is 10.0. The summed E-state index contributed by atoms with van der Waals surface area (Å²) in [5, 5.41) is 8.70. The number of rotatable bonds is 3. The summed E-state index contributed by atoms with van der Waals surface area (Å²) in [5.74, 6) is -0.685. The molecule has 2 rings (SSSR count). The van der Waals surface area contributed by atoms with Crippen LogP contribution in [-0.2, 0) is 16.1 Å². The van der Waals surface area contributed by atoms with Crippen LogP contribution in [-0.4, -0.2) is 41.6 Å². The number of aromatic carboxylic acids is 1. The van der Waals surface area contributed by atoms with E-state index < -0.39 is 5.97 Å². The van der Waals surface area contributed by atoms with Crippen molar-refractivity contribution in [1.29, 1.82) is 0 Å². The van der Waals surface area contributed by atoms with Crippen LogP contribution in [0.2, 0.25) is 0 Å². The van der Waals surface area contributed by atoms with Crippen LogP contribution in [0.5, 0.6) is 0 Å². The van der Waals surface area contributed by atoms with Crippen molar-refractivity contribution >= 4 is 11.9 Å². The van der Waals surface area contributed by atoms with Gasteiger partial charge in [0.05, 0.1) is 18.7 Å². The van der Waals surface area contributed by atoms with E-state index in [4.69, 9.17) is 14.3 Å². The quantitative estimate of drug-likeness (QED) is 0.802. The molecule has 1 amide bonds. The third kappa shape index (κ3) is 2.22. The van der Waals surface area contributed by atoms with Gasteiger partial charge in [0.25, 0.3) is 0 Å². The Labute approximate surface area is 91.4 Å². The van der Waals surface area contributed by atoms with E-state index >= 15 is 0 Å². The number of morpholine rings is 1. The van der Waals surface area contributed by atoms with Gasteiger partial charge in [-0.3, -0.25) is 4.79 Å². The first-order chi connectivity index (χ1) is 7.66. The van der Waals surface area contributed by atoms with Gasteiger partial charge in [-0.25, -0.2) is 4.79 Å². The second kappa shape index (κ2) is 4.36. The van der Waals surface area contributed by atoms with E-state index in [9.17, 15) is 9.59 Å². The van der Waals surface area contributed by atoms with E-state index in [1.165, 1.54) is 12.3 Å². The number of furan rings is 1. The molecule has 0 unspecified atom stereocenters. The Morgan fingerprint density at radius 1 is 1.56 bits per heavy atom. The highest BCUT2D eigenvalue weighted by atomic mass is 16.5. The van der Waals surface area contributed by atoms with Gasteiger partial charge in [-0.1, -0.05) is 0 Å². The number of carbonyl (C=O) groups is 2. The molecule has 1 aliphatic heterocycles. The summed E-state index contributed by atoms with van der Waals surface area (Å²) >= 11 is 0. The summed E-state index contributed by atoms with van der Waals surface area (Å²) in [5.41, 5.74) is 0.0932. The molecule has 2 heterocycles. The minimum atomic E-state index is -1.04. The predicted octanol–water partition coefficient (Wildman–Crippen LogP) is 0.337. The first-order valence-electron chi connectivity index (χ1n) is 4.83. The average Bonchev–Trinajstić information content (AvgIpc) is 2.70. The van der Waals surface area contributed by atoms with Crippen LogP contribution < -0.4 is 0 Å². The van der Waals surface area contributed by atoms with Crippen molar-refractivity contribution in [3.05, 3.63) is 23.7 Å². The van der Waals surface area contributed by atoms with Gasteiger partial charge in [0, 0.05) is 6.54 Å². The third-order valence-electron chi connectivity index (χ3n) is 2.33. The molecule has 1 aromatic heterocycles. The molecule has 0 atom stereocenters. The molecule has 0 spiro atoms. The molecular formula is C10H11NO5. The van der Waals surface area contributed by atoms with Crippen LogP contribution in [0.25, 0.3) is 0 Å². The number of hydrogen-bond donors (Lipinski definition) is 1. The lowest BCUT2D eigenvalue weighted by Crippen LogP contribution is -2.40. The molecule has 1 aromatic rings. The standard InChI is InChI=1S/C10H11NO5/c12-9-6-15-2-1-11(9)4-8-3-7(5-16-8)10(13)14/h3,5H,1-2,4,6H2,(H,13,14). The molecule has 86 valence electrons. The van der Waals surface area contributed by atoms with Crippen LogP contribution in [0, 0.1) is 0 Å². The van der Waals surface area contributed by atoms with E-state index in [-0.39, 0.29) is 24.6 Å². The number of hydrogen-bond acceptors (Lipinski definition) is 4. The van der Waals surface area contributed by atoms with E-state index in [1.54, 1.807) is 4.90 Å². The SMILES string of the molecule is O=C(O)c1coc(CN2CCOCC2=O)c1. The predicted molar refractivity (Wildman–Crippen MR) is 51.9 cm³/mol. The number of carboxylic acid groups (broad SMARTS) is 1. The number of carbonyl (C=O) groups excluding carboxylic acids is 1. The summed E-state index contributed by atoms with van der Waals surface area (Å²) in [4.78, 5) is 23.6. The zero-order valence-electron chi connectivity index (χ0n) is 8.51. The molecule has 1 aliphatic rings. The van der Waals surface area contributed by atoms with E-state index in [1.807, 2.05) is 0 Å². The number of ether oxygens (including phenoxy) is 1. The molecule has 1 N–H and O–H groups in total. The second-order valence-electron chi connectivity index (χ2n) is 3.47. The summed E-state index contributed by atoms with van der Waals surface area (Å²) in [6, 6.07) is 1.42. The van der Waals surface area contributed by atoms with Crippen LogP contribution in [0.3, 0.4) is 0 Å². The molecule has 0 saturated carbocycles. The molecule has 0 aromatic carbocycles. The van der Waals surface area contributed by atoms with Gasteiger partial charge >= 0.3 is 5.97 Å². The van der Waals surface area contributed by atoms with Gasteiger partial charge in [0.15, 0.2) is 0 Å². The molecule has 0 radical (unpaired) electrons. The highest BCUT2D eigenvalue weighted by Crippen LogP contribution is 2.12. The van der Waals surface area contributed by atoms with Gasteiger partial charge in [-0.05, 0) is 6.07 Å². The fourth-order valence-electron chi connectivity index (χ4n) is 1.48. The van der Waals surface area contributed by atoms with Gasteiger partial charge in [0.1, 0.15) is 18.6 Å². The minimum Gasteiger partial charge on any atom is -0.478 e. The van der Waals surface area contributed by atoms with E-state index in [0.29, 0.717) is 18.9 Å². The topological polar surface area (TPSA) is 80.0 Å². The first kappa shape index (κ1) is 10.7. The molecule has 6 nitrogen and oxygen atoms in total. The van der Waals surface area contributed by atoms with Crippen LogP contribution in [0.1, 0.15) is 16.1 Å². The van der Waals surface area contributed by atoms with Crippen molar-refractivity contribution in [2.24, 2.45) is 0 Å². The largest absolute Gasteiger partial charge is 0.478 e. The lowest BCUT2D eigenvalue weighted by molar-refractivity contribution is -0.143. The Morgan fingerprint density at radius 2 is 2.38 bits per heavy atom. The van der Waals surface area contributed by atoms with Crippen molar-refractivity contribution in [1.82, 2.24) is 4.90 Å². The second-order valence-corrected chi connectivity index (χ2v) is 3.47. The highest BCUT2D eigenvalue weighted by Gasteiger charge is 2.20. The molecule has 0 aliphatic carbocycles. The third-order valence-corrected chi connectivity index (χ3v) is 2.33. The fourth-order valence-corrected chi connectivity index (χ4v) is 1.48. The van der Waals surface area contributed by atoms with E-state index in [2.05, 4.69) is 0 Å². The monoisotopic (exact) mass is 225 g/mol. The Hall–Kier alpha value is -1.82. The van der Waals surface area contributed by atoms with Crippen molar-refractivity contribution in [2.75, 3.05) is 19.8 Å². The summed E-state index contributed by atoms with van der Waals surface area (Å²) in [7, 11) is 0. The van der Waals surface area contributed by atoms with Crippen molar-refractivity contribution in [2.45, 2.75) is 6.54 Å². The van der Waals surface area contributed by atoms with Gasteiger partial charge in [-0.2, -0.15) is 0 Å². The van der Waals surface area contributed by atoms with Gasteiger partial charge in [0.2, 0.25) is 5.91 Å². The summed E-state index contributed by atoms with van der Waals surface area (Å²) in [6.45, 7) is 1.36. The molecule has 1 fully saturated rings. The number of nitrogens with zero attached hydrogens (tertiary/aromatic N) is 1. The fraction of sp³-hybridized carbons (Fsp3) is 0.400. The Morgan fingerprint density at radius 3 is 3.00 bits per heavy atom. The molecule has 16 heavy (non-hydrogen) atoms. The Kier molecular flexibility index (Phi) is 2.91. The smallest absolute Gasteiger partial charge is 0.338 e. The van der Waals surface area contributed by atoms with Crippen molar-refractivity contribution in [3.63, 3.8) is 0 Å². The highest BCUT2D eigenvalue weighted by molar-refractivity contribution is 5.87. The van der Waals surface area contributed by atoms with Crippen LogP contribution in [0.15, 0.2) is 16.7 Å². The van der Waals surface area contributed by atoms with Crippen LogP contribution in [0.4, 0.5) is 0 Å². The van der Waals surface area contributed by atoms with E-state index in [0.717, 1.165) is 0 Å². The van der Waals surface area contributed by atoms with Crippen LogP contribution >= 0.6 is 0 Å². The minimum absolute atomic E-state index is 0.0759. The maximum atomic E-state index is 11.4. The lowest BCUT2D eigenvalue weighted by Gasteiger charge is -2.25. The Bertz CT molecular complexity index is 411. The average molecular weight is 225 g/mol. The molecule has 0 bridgehead atoms. The van der Waals surface area contributed by atoms with Crippen molar-refractivity contribution < 1.29 is 23.8 Å². The van der Waals surface area contributed by atoms with Gasteiger partial charge in [-0.15, -0.1) is 0 Å². The molecular weight excluding hydrogens is 214 g/mol. The lowest BCUT2D eigenvalue weighted by atomic mass is 10.3. The Balaban J connectivity index is 2.02. The maximum absolute atomic E-state index is 11.4. The number of carboxylic acids is 1. The first-order valence-corrected chi connectivity index (χ1v) is 4.83. The zero-order chi connectivity index (χ0) is 11.5. The van der Waals surface area contributed by atoms with Crippen molar-refractivity contribution in [3.8, 4) is 0 Å². The zero-order valence-corrected chi connectivity index (χ0v) is 8.51. The summed E-state index contributed by atoms with van der Waals surface area (Å²) in [6.07, 6.45) is 1.17. The normalized spacial score (nSPS) is 16.5. The van der Waals surface area contributed by atoms with Gasteiger partial charge < -0.3 is 19.2 Å². The number of amides is 1. The molecule has 1 saturated heterocycles. The maximum Gasteiger partial charge on any atom is 0.338 e.